The van der Waals surface area contributed by atoms with Crippen molar-refractivity contribution in [3.8, 4) is 0 Å². The maximum atomic E-state index is 3.46. The lowest BCUT2D eigenvalue weighted by Crippen LogP contribution is -2.35. The van der Waals surface area contributed by atoms with Gasteiger partial charge in [0.25, 0.3) is 0 Å². The molecule has 0 unspecified atom stereocenters. The Morgan fingerprint density at radius 2 is 0.900 bits per heavy atom. The smallest absolute Gasteiger partial charge is 0.0379 e. The Hall–Kier alpha value is -1.60. The van der Waals surface area contributed by atoms with Crippen LogP contribution in [0, 0.1) is 0 Å². The molecule has 0 fully saturated rings. The Morgan fingerprint density at radius 3 is 1.17 bits per heavy atom. The average molecular weight is 419 g/mol. The number of aromatic amines is 2. The highest BCUT2D eigenvalue weighted by atomic mass is 15.1. The van der Waals surface area contributed by atoms with Crippen LogP contribution >= 0.6 is 0 Å². The van der Waals surface area contributed by atoms with Gasteiger partial charge in [-0.1, -0.05) is 0 Å². The predicted molar refractivity (Wildman–Crippen MR) is 130 cm³/mol. The summed E-state index contributed by atoms with van der Waals surface area (Å²) in [5, 5.41) is 6.92. The topological polar surface area (TPSA) is 62.1 Å². The lowest BCUT2D eigenvalue weighted by atomic mass is 10.1. The molecule has 172 valence electrons. The molecule has 6 nitrogen and oxygen atoms in total. The number of nitrogens with one attached hydrogen (secondary N) is 4. The van der Waals surface area contributed by atoms with E-state index < -0.39 is 0 Å². The third-order valence-electron chi connectivity index (χ3n) is 4.21. The molecule has 30 heavy (non-hydrogen) atoms. The number of hydrogen-bond acceptors (Lipinski definition) is 4. The van der Waals surface area contributed by atoms with E-state index in [4.69, 9.17) is 0 Å². The highest BCUT2D eigenvalue weighted by Gasteiger charge is 2.10. The summed E-state index contributed by atoms with van der Waals surface area (Å²) >= 11 is 0. The first-order valence-corrected chi connectivity index (χ1v) is 10.9. The molecule has 0 aliphatic heterocycles. The molecule has 0 saturated heterocycles. The molecule has 0 radical (unpaired) electrons. The molecule has 0 aliphatic rings. The van der Waals surface area contributed by atoms with Crippen molar-refractivity contribution in [1.82, 2.24) is 30.4 Å². The standard InChI is InChI=1S/2C12H23N3/c2*1-12(2,3)13-8-10-6-7-11(14-10)9-15(4)5/h2*6-7,13-14H,8-9H2,1-5H3. The zero-order valence-electron chi connectivity index (χ0n) is 21.0. The lowest BCUT2D eigenvalue weighted by molar-refractivity contribution is 0.396. The van der Waals surface area contributed by atoms with E-state index in [0.29, 0.717) is 0 Å². The molecule has 0 aliphatic carbocycles. The molecule has 2 heterocycles. The minimum atomic E-state index is 0.173. The molecule has 0 saturated carbocycles. The van der Waals surface area contributed by atoms with Gasteiger partial charge in [-0.15, -0.1) is 0 Å². The first-order valence-electron chi connectivity index (χ1n) is 10.9. The Bertz CT molecular complexity index is 650. The summed E-state index contributed by atoms with van der Waals surface area (Å²) in [5.41, 5.74) is 5.39. The predicted octanol–water partition coefficient (Wildman–Crippen LogP) is 3.93. The molecule has 0 aromatic carbocycles. The Kier molecular flexibility index (Phi) is 10.3. The second-order valence-corrected chi connectivity index (χ2v) is 10.7. The molecular weight excluding hydrogens is 372 g/mol. The third-order valence-corrected chi connectivity index (χ3v) is 4.21. The van der Waals surface area contributed by atoms with E-state index in [1.807, 2.05) is 0 Å². The van der Waals surface area contributed by atoms with Crippen molar-refractivity contribution in [3.63, 3.8) is 0 Å². The zero-order valence-corrected chi connectivity index (χ0v) is 21.0. The summed E-state index contributed by atoms with van der Waals surface area (Å²) in [7, 11) is 8.31. The van der Waals surface area contributed by atoms with E-state index in [2.05, 4.69) is 124 Å². The molecular formula is C24H46N6. The minimum absolute atomic E-state index is 0.173. The average Bonchev–Trinajstić information content (AvgIpc) is 3.18. The zero-order chi connectivity index (χ0) is 22.9. The van der Waals surface area contributed by atoms with Gasteiger partial charge in [0.05, 0.1) is 0 Å². The molecule has 4 N–H and O–H groups in total. The van der Waals surface area contributed by atoms with E-state index in [-0.39, 0.29) is 11.1 Å². The third kappa shape index (κ3) is 12.9. The van der Waals surface area contributed by atoms with Crippen molar-refractivity contribution in [2.75, 3.05) is 28.2 Å². The van der Waals surface area contributed by atoms with Gasteiger partial charge in [-0.2, -0.15) is 0 Å². The monoisotopic (exact) mass is 418 g/mol. The van der Waals surface area contributed by atoms with E-state index in [1.54, 1.807) is 0 Å². The van der Waals surface area contributed by atoms with Crippen LogP contribution in [-0.4, -0.2) is 59.0 Å². The fourth-order valence-corrected chi connectivity index (χ4v) is 2.77. The summed E-state index contributed by atoms with van der Waals surface area (Å²) in [4.78, 5) is 11.1. The summed E-state index contributed by atoms with van der Waals surface area (Å²) < 4.78 is 0. The van der Waals surface area contributed by atoms with E-state index >= 15 is 0 Å². The van der Waals surface area contributed by atoms with Gasteiger partial charge in [-0.3, -0.25) is 0 Å². The van der Waals surface area contributed by atoms with E-state index in [9.17, 15) is 0 Å². The molecule has 2 rings (SSSR count). The summed E-state index contributed by atoms with van der Waals surface area (Å²) in [6.45, 7) is 16.8. The SMILES string of the molecule is CN(C)Cc1ccc(CNC(C)(C)C)[nH]1.CN(C)Cc1ccc(CNC(C)(C)C)[nH]1. The Morgan fingerprint density at radius 1 is 0.600 bits per heavy atom. The van der Waals surface area contributed by atoms with Crippen molar-refractivity contribution < 1.29 is 0 Å². The molecule has 6 heteroatoms. The quantitative estimate of drug-likeness (QED) is 0.525. The second kappa shape index (κ2) is 11.7. The number of rotatable bonds is 8. The number of aromatic nitrogens is 2. The summed E-state index contributed by atoms with van der Waals surface area (Å²) in [5.74, 6) is 0. The minimum Gasteiger partial charge on any atom is -0.360 e. The number of nitrogens with zero attached hydrogens (tertiary/aromatic N) is 2. The Labute approximate surface area is 184 Å². The van der Waals surface area contributed by atoms with Crippen LogP contribution in [0.5, 0.6) is 0 Å². The van der Waals surface area contributed by atoms with Crippen LogP contribution in [0.1, 0.15) is 64.3 Å². The fraction of sp³-hybridized carbons (Fsp3) is 0.667. The van der Waals surface area contributed by atoms with Crippen molar-refractivity contribution in [1.29, 1.82) is 0 Å². The van der Waals surface area contributed by atoms with Crippen LogP contribution in [0.15, 0.2) is 24.3 Å². The maximum Gasteiger partial charge on any atom is 0.0379 e. The van der Waals surface area contributed by atoms with Gasteiger partial charge in [-0.25, -0.2) is 0 Å². The highest BCUT2D eigenvalue weighted by molar-refractivity contribution is 5.13. The van der Waals surface area contributed by atoms with Crippen LogP contribution in [-0.2, 0) is 26.2 Å². The first-order chi connectivity index (χ1) is 13.7. The maximum absolute atomic E-state index is 3.46. The number of hydrogen-bond donors (Lipinski definition) is 4. The summed E-state index contributed by atoms with van der Waals surface area (Å²) in [6, 6.07) is 8.61. The van der Waals surface area contributed by atoms with Gasteiger partial charge < -0.3 is 30.4 Å². The second-order valence-electron chi connectivity index (χ2n) is 10.7. The van der Waals surface area contributed by atoms with Crippen molar-refractivity contribution in [3.05, 3.63) is 47.0 Å². The molecule has 2 aromatic heterocycles. The lowest BCUT2D eigenvalue weighted by Gasteiger charge is -2.19. The van der Waals surface area contributed by atoms with Gasteiger partial charge in [-0.05, 0) is 94.0 Å². The van der Waals surface area contributed by atoms with Crippen molar-refractivity contribution in [2.45, 2.75) is 78.8 Å². The molecule has 0 spiro atoms. The molecule has 2 aromatic rings. The first kappa shape index (κ1) is 26.4. The van der Waals surface area contributed by atoms with Gasteiger partial charge in [0.2, 0.25) is 0 Å². The van der Waals surface area contributed by atoms with E-state index in [1.165, 1.54) is 22.8 Å². The van der Waals surface area contributed by atoms with Crippen molar-refractivity contribution >= 4 is 0 Å². The molecule has 0 amide bonds. The molecule has 0 bridgehead atoms. The largest absolute Gasteiger partial charge is 0.360 e. The van der Waals surface area contributed by atoms with Gasteiger partial charge in [0, 0.05) is 60.0 Å². The van der Waals surface area contributed by atoms with Crippen LogP contribution in [0.3, 0.4) is 0 Å². The van der Waals surface area contributed by atoms with Crippen molar-refractivity contribution in [2.24, 2.45) is 0 Å². The Balaban J connectivity index is 0.000000300. The fourth-order valence-electron chi connectivity index (χ4n) is 2.77. The summed E-state index contributed by atoms with van der Waals surface area (Å²) in [6.07, 6.45) is 0. The molecule has 0 atom stereocenters. The van der Waals surface area contributed by atoms with E-state index in [0.717, 1.165) is 26.2 Å². The van der Waals surface area contributed by atoms with Gasteiger partial charge in [0.1, 0.15) is 0 Å². The van der Waals surface area contributed by atoms with Crippen LogP contribution < -0.4 is 10.6 Å². The van der Waals surface area contributed by atoms with Crippen LogP contribution in [0.2, 0.25) is 0 Å². The van der Waals surface area contributed by atoms with Crippen LogP contribution in [0.25, 0.3) is 0 Å². The van der Waals surface area contributed by atoms with Gasteiger partial charge >= 0.3 is 0 Å². The normalized spacial score (nSPS) is 12.4. The number of H-pyrrole nitrogens is 2. The van der Waals surface area contributed by atoms with Gasteiger partial charge in [0.15, 0.2) is 0 Å². The highest BCUT2D eigenvalue weighted by Crippen LogP contribution is 2.07. The van der Waals surface area contributed by atoms with Crippen LogP contribution in [0.4, 0.5) is 0 Å².